The zero-order valence-corrected chi connectivity index (χ0v) is 13.2. The number of aryl methyl sites for hydroxylation is 1. The van der Waals surface area contributed by atoms with Gasteiger partial charge in [0.1, 0.15) is 0 Å². The van der Waals surface area contributed by atoms with Gasteiger partial charge >= 0.3 is 0 Å². The number of anilines is 2. The van der Waals surface area contributed by atoms with E-state index < -0.39 is 0 Å². The first-order chi connectivity index (χ1) is 9.10. The Kier molecular flexibility index (Phi) is 4.55. The molecule has 2 aromatic rings. The van der Waals surface area contributed by atoms with Crippen molar-refractivity contribution in [3.8, 4) is 0 Å². The molecule has 1 aromatic heterocycles. The molecule has 0 radical (unpaired) electrons. The van der Waals surface area contributed by atoms with Crippen molar-refractivity contribution in [2.75, 3.05) is 10.6 Å². The molecule has 0 fully saturated rings. The predicted octanol–water partition coefficient (Wildman–Crippen LogP) is 3.78. The van der Waals surface area contributed by atoms with Gasteiger partial charge in [0.15, 0.2) is 5.11 Å². The van der Waals surface area contributed by atoms with Gasteiger partial charge in [0.05, 0.1) is 17.6 Å². The topological polar surface area (TPSA) is 41.9 Å². The summed E-state index contributed by atoms with van der Waals surface area (Å²) in [5.74, 6) is 0. The molecule has 0 aliphatic carbocycles. The molecule has 1 aromatic carbocycles. The van der Waals surface area contributed by atoms with Crippen molar-refractivity contribution >= 4 is 44.6 Å². The Bertz CT molecular complexity index is 577. The van der Waals surface area contributed by atoms with Crippen LogP contribution in [0, 0.1) is 6.92 Å². The van der Waals surface area contributed by atoms with Gasteiger partial charge in [-0.25, -0.2) is 0 Å². The average molecular weight is 339 g/mol. The van der Waals surface area contributed by atoms with Crippen molar-refractivity contribution in [2.24, 2.45) is 0 Å². The monoisotopic (exact) mass is 338 g/mol. The van der Waals surface area contributed by atoms with E-state index in [1.54, 1.807) is 6.20 Å². The highest BCUT2D eigenvalue weighted by Crippen LogP contribution is 2.16. The minimum absolute atomic E-state index is 0.557. The smallest absolute Gasteiger partial charge is 0.175 e. The second-order valence-corrected chi connectivity index (χ2v) is 5.37. The minimum Gasteiger partial charge on any atom is -0.332 e. The lowest BCUT2D eigenvalue weighted by atomic mass is 10.3. The number of halogens is 1. The van der Waals surface area contributed by atoms with E-state index in [1.807, 2.05) is 35.9 Å². The van der Waals surface area contributed by atoms with Gasteiger partial charge in [0.25, 0.3) is 0 Å². The first kappa shape index (κ1) is 14.0. The molecule has 0 saturated heterocycles. The van der Waals surface area contributed by atoms with Crippen LogP contribution in [-0.4, -0.2) is 14.9 Å². The number of hydrogen-bond acceptors (Lipinski definition) is 2. The molecule has 0 aliphatic rings. The molecule has 0 spiro atoms. The molecule has 100 valence electrons. The number of benzene rings is 1. The summed E-state index contributed by atoms with van der Waals surface area (Å²) >= 11 is 8.68. The molecule has 0 unspecified atom stereocenters. The van der Waals surface area contributed by atoms with Gasteiger partial charge in [-0.05, 0) is 50.3 Å². The number of nitrogens with zero attached hydrogens (tertiary/aromatic N) is 2. The average Bonchev–Trinajstić information content (AvgIpc) is 2.73. The summed E-state index contributed by atoms with van der Waals surface area (Å²) in [5.41, 5.74) is 2.94. The molecule has 0 saturated carbocycles. The third-order valence-corrected chi connectivity index (χ3v) is 3.49. The quantitative estimate of drug-likeness (QED) is 0.835. The molecular formula is C13H15BrN4S. The van der Waals surface area contributed by atoms with Gasteiger partial charge in [0.2, 0.25) is 0 Å². The van der Waals surface area contributed by atoms with E-state index in [9.17, 15) is 0 Å². The zero-order chi connectivity index (χ0) is 13.8. The van der Waals surface area contributed by atoms with Gasteiger partial charge in [0, 0.05) is 16.7 Å². The van der Waals surface area contributed by atoms with E-state index in [0.29, 0.717) is 5.11 Å². The fourth-order valence-corrected chi connectivity index (χ4v) is 2.20. The molecular weight excluding hydrogens is 324 g/mol. The van der Waals surface area contributed by atoms with Gasteiger partial charge in [-0.3, -0.25) is 4.68 Å². The second kappa shape index (κ2) is 6.16. The van der Waals surface area contributed by atoms with Crippen LogP contribution in [0.25, 0.3) is 0 Å². The molecule has 0 amide bonds. The molecule has 2 rings (SSSR count). The summed E-state index contributed by atoms with van der Waals surface area (Å²) in [5, 5.41) is 11.1. The summed E-state index contributed by atoms with van der Waals surface area (Å²) in [6, 6.07) is 7.84. The number of thiocarbonyl (C=S) groups is 1. The summed E-state index contributed by atoms with van der Waals surface area (Å²) in [6.07, 6.45) is 1.79. The van der Waals surface area contributed by atoms with Crippen LogP contribution in [0.3, 0.4) is 0 Å². The predicted molar refractivity (Wildman–Crippen MR) is 86.6 cm³/mol. The molecule has 19 heavy (non-hydrogen) atoms. The van der Waals surface area contributed by atoms with Gasteiger partial charge in [-0.2, -0.15) is 5.10 Å². The molecule has 1 heterocycles. The lowest BCUT2D eigenvalue weighted by Crippen LogP contribution is -2.19. The van der Waals surface area contributed by atoms with Crippen molar-refractivity contribution in [1.29, 1.82) is 0 Å². The van der Waals surface area contributed by atoms with Gasteiger partial charge < -0.3 is 10.6 Å². The Morgan fingerprint density at radius 1 is 1.32 bits per heavy atom. The molecule has 4 nitrogen and oxygen atoms in total. The van der Waals surface area contributed by atoms with Crippen molar-refractivity contribution in [3.05, 3.63) is 40.6 Å². The largest absolute Gasteiger partial charge is 0.332 e. The third kappa shape index (κ3) is 3.54. The van der Waals surface area contributed by atoms with Crippen LogP contribution in [-0.2, 0) is 6.54 Å². The number of hydrogen-bond donors (Lipinski definition) is 2. The summed E-state index contributed by atoms with van der Waals surface area (Å²) in [6.45, 7) is 4.92. The van der Waals surface area contributed by atoms with E-state index >= 15 is 0 Å². The SMILES string of the molecule is CCn1ncc(NC(=S)Nc2ccc(Br)cc2)c1C. The first-order valence-electron chi connectivity index (χ1n) is 5.96. The van der Waals surface area contributed by atoms with Crippen LogP contribution in [0.2, 0.25) is 0 Å². The van der Waals surface area contributed by atoms with E-state index in [1.165, 1.54) is 0 Å². The standard InChI is InChI=1S/C13H15BrN4S/c1-3-18-9(2)12(8-15-18)17-13(19)16-11-6-4-10(14)5-7-11/h4-8H,3H2,1-2H3,(H2,16,17,19). The Labute approximate surface area is 126 Å². The normalized spacial score (nSPS) is 10.3. The number of rotatable bonds is 3. The van der Waals surface area contributed by atoms with E-state index in [2.05, 4.69) is 38.6 Å². The Hall–Kier alpha value is -1.40. The highest BCUT2D eigenvalue weighted by molar-refractivity contribution is 9.10. The third-order valence-electron chi connectivity index (χ3n) is 2.75. The zero-order valence-electron chi connectivity index (χ0n) is 10.8. The molecule has 0 atom stereocenters. The highest BCUT2D eigenvalue weighted by Gasteiger charge is 2.06. The van der Waals surface area contributed by atoms with E-state index in [-0.39, 0.29) is 0 Å². The fraction of sp³-hybridized carbons (Fsp3) is 0.231. The van der Waals surface area contributed by atoms with Crippen molar-refractivity contribution in [3.63, 3.8) is 0 Å². The molecule has 2 N–H and O–H groups in total. The van der Waals surface area contributed by atoms with Gasteiger partial charge in [-0.15, -0.1) is 0 Å². The Morgan fingerprint density at radius 2 is 2.00 bits per heavy atom. The lowest BCUT2D eigenvalue weighted by molar-refractivity contribution is 0.640. The molecule has 0 bridgehead atoms. The van der Waals surface area contributed by atoms with Crippen LogP contribution in [0.5, 0.6) is 0 Å². The van der Waals surface area contributed by atoms with Crippen LogP contribution in [0.15, 0.2) is 34.9 Å². The van der Waals surface area contributed by atoms with Crippen LogP contribution >= 0.6 is 28.1 Å². The van der Waals surface area contributed by atoms with Crippen molar-refractivity contribution in [2.45, 2.75) is 20.4 Å². The Morgan fingerprint density at radius 3 is 2.58 bits per heavy atom. The maximum atomic E-state index is 5.29. The maximum absolute atomic E-state index is 5.29. The van der Waals surface area contributed by atoms with E-state index in [0.717, 1.165) is 28.1 Å². The van der Waals surface area contributed by atoms with E-state index in [4.69, 9.17) is 12.2 Å². The van der Waals surface area contributed by atoms with Crippen LogP contribution < -0.4 is 10.6 Å². The Balaban J connectivity index is 2.01. The first-order valence-corrected chi connectivity index (χ1v) is 7.16. The fourth-order valence-electron chi connectivity index (χ4n) is 1.71. The van der Waals surface area contributed by atoms with Crippen LogP contribution in [0.1, 0.15) is 12.6 Å². The van der Waals surface area contributed by atoms with Crippen molar-refractivity contribution in [1.82, 2.24) is 9.78 Å². The van der Waals surface area contributed by atoms with Gasteiger partial charge in [-0.1, -0.05) is 15.9 Å². The second-order valence-electron chi connectivity index (χ2n) is 4.05. The maximum Gasteiger partial charge on any atom is 0.175 e. The summed E-state index contributed by atoms with van der Waals surface area (Å²) in [7, 11) is 0. The van der Waals surface area contributed by atoms with Crippen LogP contribution in [0.4, 0.5) is 11.4 Å². The molecule has 0 aliphatic heterocycles. The summed E-state index contributed by atoms with van der Waals surface area (Å²) < 4.78 is 2.96. The number of nitrogens with one attached hydrogen (secondary N) is 2. The van der Waals surface area contributed by atoms with Crippen molar-refractivity contribution < 1.29 is 0 Å². The highest BCUT2D eigenvalue weighted by atomic mass is 79.9. The lowest BCUT2D eigenvalue weighted by Gasteiger charge is -2.10. The number of aromatic nitrogens is 2. The minimum atomic E-state index is 0.557. The summed E-state index contributed by atoms with van der Waals surface area (Å²) in [4.78, 5) is 0. The molecule has 6 heteroatoms.